The first-order chi connectivity index (χ1) is 12.2. The number of rotatable bonds is 5. The van der Waals surface area contributed by atoms with Crippen molar-refractivity contribution in [1.29, 1.82) is 0 Å². The first kappa shape index (κ1) is 19.5. The van der Waals surface area contributed by atoms with E-state index in [1.165, 1.54) is 24.3 Å². The first-order valence-corrected chi connectivity index (χ1v) is 9.76. The van der Waals surface area contributed by atoms with Crippen molar-refractivity contribution in [3.63, 3.8) is 0 Å². The molecule has 0 saturated heterocycles. The van der Waals surface area contributed by atoms with Gasteiger partial charge in [0, 0.05) is 17.5 Å². The minimum atomic E-state index is -3.32. The van der Waals surface area contributed by atoms with Gasteiger partial charge in [0.05, 0.1) is 11.4 Å². The zero-order valence-electron chi connectivity index (χ0n) is 14.8. The third-order valence-corrected chi connectivity index (χ3v) is 4.81. The third kappa shape index (κ3) is 5.32. The molecule has 0 heterocycles. The average molecular weight is 375 g/mol. The molecule has 26 heavy (non-hydrogen) atoms. The highest BCUT2D eigenvalue weighted by atomic mass is 32.2. The molecule has 0 atom stereocenters. The highest BCUT2D eigenvalue weighted by Crippen LogP contribution is 2.15. The van der Waals surface area contributed by atoms with E-state index in [4.69, 9.17) is 0 Å². The minimum absolute atomic E-state index is 0.00278. The fourth-order valence-corrected chi connectivity index (χ4v) is 2.91. The molecule has 0 bridgehead atoms. The van der Waals surface area contributed by atoms with Crippen LogP contribution >= 0.6 is 0 Å². The van der Waals surface area contributed by atoms with E-state index in [1.807, 2.05) is 32.0 Å². The molecule has 0 spiro atoms. The number of carbonyl (C=O) groups excluding carboxylic acids is 2. The number of nitrogens with one attached hydrogen (secondary N) is 3. The maximum Gasteiger partial charge on any atom is 0.269 e. The molecule has 0 aliphatic rings. The maximum atomic E-state index is 12.0. The van der Waals surface area contributed by atoms with Gasteiger partial charge in [-0.2, -0.15) is 0 Å². The highest BCUT2D eigenvalue weighted by Gasteiger charge is 2.11. The van der Waals surface area contributed by atoms with Crippen LogP contribution in [-0.2, 0) is 14.6 Å². The van der Waals surface area contributed by atoms with Crippen LogP contribution in [0, 0.1) is 13.8 Å². The summed E-state index contributed by atoms with van der Waals surface area (Å²) in [6, 6.07) is 11.3. The summed E-state index contributed by atoms with van der Waals surface area (Å²) in [7, 11) is -3.32. The predicted molar refractivity (Wildman–Crippen MR) is 99.6 cm³/mol. The van der Waals surface area contributed by atoms with Gasteiger partial charge in [0.15, 0.2) is 9.84 Å². The van der Waals surface area contributed by atoms with Crippen LogP contribution in [0.15, 0.2) is 47.4 Å². The lowest BCUT2D eigenvalue weighted by Crippen LogP contribution is -2.44. The molecule has 138 valence electrons. The summed E-state index contributed by atoms with van der Waals surface area (Å²) in [6.07, 6.45) is 1.09. The Bertz CT molecular complexity index is 922. The van der Waals surface area contributed by atoms with Gasteiger partial charge in [0.1, 0.15) is 0 Å². The number of aryl methyl sites for hydroxylation is 2. The number of benzene rings is 2. The van der Waals surface area contributed by atoms with Gasteiger partial charge in [-0.15, -0.1) is 0 Å². The van der Waals surface area contributed by atoms with Crippen molar-refractivity contribution in [2.45, 2.75) is 18.7 Å². The number of sulfone groups is 1. The van der Waals surface area contributed by atoms with Crippen molar-refractivity contribution in [1.82, 2.24) is 10.9 Å². The molecule has 2 amide bonds. The molecule has 3 N–H and O–H groups in total. The minimum Gasteiger partial charge on any atom is -0.376 e. The number of hydrogen-bond acceptors (Lipinski definition) is 5. The third-order valence-electron chi connectivity index (χ3n) is 3.68. The topological polar surface area (TPSA) is 104 Å². The zero-order valence-corrected chi connectivity index (χ0v) is 15.6. The Morgan fingerprint density at radius 1 is 0.962 bits per heavy atom. The summed E-state index contributed by atoms with van der Waals surface area (Å²) in [6.45, 7) is 3.92. The second kappa shape index (κ2) is 8.01. The monoisotopic (exact) mass is 375 g/mol. The maximum absolute atomic E-state index is 12.0. The molecular formula is C18H21N3O4S. The fraction of sp³-hybridized carbons (Fsp3) is 0.222. The van der Waals surface area contributed by atoms with Crippen molar-refractivity contribution in [3.8, 4) is 0 Å². The highest BCUT2D eigenvalue weighted by molar-refractivity contribution is 7.90. The van der Waals surface area contributed by atoms with Gasteiger partial charge in [0.2, 0.25) is 0 Å². The second-order valence-electron chi connectivity index (χ2n) is 5.97. The summed E-state index contributed by atoms with van der Waals surface area (Å²) in [4.78, 5) is 23.9. The van der Waals surface area contributed by atoms with Crippen LogP contribution in [0.25, 0.3) is 0 Å². The Morgan fingerprint density at radius 2 is 1.62 bits per heavy atom. The van der Waals surface area contributed by atoms with Crippen LogP contribution < -0.4 is 16.2 Å². The number of carbonyl (C=O) groups is 2. The van der Waals surface area contributed by atoms with E-state index in [-0.39, 0.29) is 17.0 Å². The molecule has 0 fully saturated rings. The Labute approximate surface area is 152 Å². The van der Waals surface area contributed by atoms with E-state index in [0.29, 0.717) is 0 Å². The quantitative estimate of drug-likeness (QED) is 0.688. The predicted octanol–water partition coefficient (Wildman–Crippen LogP) is 1.58. The van der Waals surface area contributed by atoms with E-state index in [1.54, 1.807) is 0 Å². The van der Waals surface area contributed by atoms with Gasteiger partial charge in [0.25, 0.3) is 11.8 Å². The summed E-state index contributed by atoms with van der Waals surface area (Å²) in [5.41, 5.74) is 7.83. The number of hydrazine groups is 1. The number of anilines is 1. The van der Waals surface area contributed by atoms with E-state index in [2.05, 4.69) is 16.2 Å². The van der Waals surface area contributed by atoms with Gasteiger partial charge in [-0.1, -0.05) is 17.7 Å². The van der Waals surface area contributed by atoms with Crippen LogP contribution in [0.3, 0.4) is 0 Å². The second-order valence-corrected chi connectivity index (χ2v) is 7.99. The van der Waals surface area contributed by atoms with Gasteiger partial charge in [-0.05, 0) is 49.7 Å². The summed E-state index contributed by atoms with van der Waals surface area (Å²) in [5, 5.41) is 3.00. The van der Waals surface area contributed by atoms with E-state index in [9.17, 15) is 18.0 Å². The lowest BCUT2D eigenvalue weighted by Gasteiger charge is -2.11. The standard InChI is InChI=1S/C18H21N3O4S/c1-12-4-9-16(13(2)10-12)19-11-17(22)20-21-18(23)14-5-7-15(8-6-14)26(3,24)25/h4-10,19H,11H2,1-3H3,(H,20,22)(H,21,23). The van der Waals surface area contributed by atoms with Crippen molar-refractivity contribution in [3.05, 3.63) is 59.2 Å². The van der Waals surface area contributed by atoms with E-state index >= 15 is 0 Å². The Morgan fingerprint density at radius 3 is 2.19 bits per heavy atom. The van der Waals surface area contributed by atoms with Crippen molar-refractivity contribution < 1.29 is 18.0 Å². The van der Waals surface area contributed by atoms with Crippen LogP contribution in [0.1, 0.15) is 21.5 Å². The molecule has 2 aromatic carbocycles. The smallest absolute Gasteiger partial charge is 0.269 e. The van der Waals surface area contributed by atoms with Crippen LogP contribution in [0.5, 0.6) is 0 Å². The normalized spacial score (nSPS) is 10.9. The number of hydrogen-bond donors (Lipinski definition) is 3. The molecule has 0 aromatic heterocycles. The van der Waals surface area contributed by atoms with Crippen molar-refractivity contribution in [2.75, 3.05) is 18.1 Å². The lowest BCUT2D eigenvalue weighted by molar-refractivity contribution is -0.120. The molecule has 7 nitrogen and oxygen atoms in total. The average Bonchev–Trinajstić information content (AvgIpc) is 2.58. The Kier molecular flexibility index (Phi) is 5.99. The summed E-state index contributed by atoms with van der Waals surface area (Å²) in [5.74, 6) is -0.948. The molecular weight excluding hydrogens is 354 g/mol. The SMILES string of the molecule is Cc1ccc(NCC(=O)NNC(=O)c2ccc(S(C)(=O)=O)cc2)c(C)c1. The zero-order chi connectivity index (χ0) is 19.3. The van der Waals surface area contributed by atoms with Crippen molar-refractivity contribution >= 4 is 27.3 Å². The Hall–Kier alpha value is -2.87. The number of amides is 2. The molecule has 2 aromatic rings. The molecule has 0 unspecified atom stereocenters. The van der Waals surface area contributed by atoms with Crippen LogP contribution in [0.2, 0.25) is 0 Å². The van der Waals surface area contributed by atoms with Crippen LogP contribution in [-0.4, -0.2) is 33.0 Å². The Balaban J connectivity index is 1.85. The molecule has 0 aliphatic carbocycles. The fourth-order valence-electron chi connectivity index (χ4n) is 2.28. The van der Waals surface area contributed by atoms with Gasteiger partial charge >= 0.3 is 0 Å². The largest absolute Gasteiger partial charge is 0.376 e. The molecule has 8 heteroatoms. The van der Waals surface area contributed by atoms with Crippen molar-refractivity contribution in [2.24, 2.45) is 0 Å². The first-order valence-electron chi connectivity index (χ1n) is 7.87. The lowest BCUT2D eigenvalue weighted by atomic mass is 10.1. The summed E-state index contributed by atoms with van der Waals surface area (Å²) >= 11 is 0. The van der Waals surface area contributed by atoms with E-state index in [0.717, 1.165) is 23.1 Å². The molecule has 0 aliphatic heterocycles. The summed E-state index contributed by atoms with van der Waals surface area (Å²) < 4.78 is 22.8. The molecule has 2 rings (SSSR count). The molecule has 0 radical (unpaired) electrons. The van der Waals surface area contributed by atoms with Gasteiger partial charge in [-0.25, -0.2) is 8.42 Å². The van der Waals surface area contributed by atoms with Crippen LogP contribution in [0.4, 0.5) is 5.69 Å². The molecule has 0 saturated carbocycles. The van der Waals surface area contributed by atoms with Gasteiger partial charge < -0.3 is 5.32 Å². The van der Waals surface area contributed by atoms with Gasteiger partial charge in [-0.3, -0.25) is 20.4 Å². The van der Waals surface area contributed by atoms with E-state index < -0.39 is 21.7 Å².